The summed E-state index contributed by atoms with van der Waals surface area (Å²) in [5, 5.41) is 4.75. The lowest BCUT2D eigenvalue weighted by Gasteiger charge is -2.27. The molecule has 0 aromatic carbocycles. The number of hydrogen-bond donors (Lipinski definition) is 3. The van der Waals surface area contributed by atoms with E-state index < -0.39 is 23.4 Å². The number of carbonyl (C=O) groups excluding carboxylic acids is 3. The van der Waals surface area contributed by atoms with E-state index in [-0.39, 0.29) is 6.54 Å². The Kier molecular flexibility index (Phi) is 3.31. The Hall–Kier alpha value is -2.64. The average Bonchev–Trinajstić information content (AvgIpc) is 2.55. The lowest BCUT2D eigenvalue weighted by Crippen LogP contribution is -2.47. The van der Waals surface area contributed by atoms with Gasteiger partial charge in [0, 0.05) is 0 Å². The van der Waals surface area contributed by atoms with E-state index >= 15 is 0 Å². The number of imide groups is 1. The Balaban J connectivity index is 2.03. The Morgan fingerprint density at radius 2 is 2.15 bits per heavy atom. The summed E-state index contributed by atoms with van der Waals surface area (Å²) in [7, 11) is 0. The zero-order valence-electron chi connectivity index (χ0n) is 11.1. The second-order valence-corrected chi connectivity index (χ2v) is 4.92. The molecule has 0 atom stereocenters. The third kappa shape index (κ3) is 2.53. The Bertz CT molecular complexity index is 567. The molecule has 0 saturated carbocycles. The first-order valence-corrected chi connectivity index (χ1v) is 5.95. The molecule has 4 N–H and O–H groups in total. The summed E-state index contributed by atoms with van der Waals surface area (Å²) < 4.78 is 0. The number of carbonyl (C=O) groups is 3. The van der Waals surface area contributed by atoms with Gasteiger partial charge in [0.05, 0.1) is 11.9 Å². The minimum atomic E-state index is -1.05. The minimum Gasteiger partial charge on any atom is -0.384 e. The molecule has 0 radical (unpaired) electrons. The van der Waals surface area contributed by atoms with Crippen molar-refractivity contribution in [3.8, 4) is 0 Å². The molecule has 1 aliphatic rings. The van der Waals surface area contributed by atoms with Gasteiger partial charge in [-0.25, -0.2) is 9.78 Å². The van der Waals surface area contributed by atoms with Gasteiger partial charge in [0.25, 0.3) is 5.91 Å². The fraction of sp³-hybridized carbons (Fsp3) is 0.333. The SMILES string of the molecule is CC1(C)C(=O)NC(=O)N1CC(=O)Nc1ccc(N)nc1. The van der Waals surface area contributed by atoms with E-state index in [1.807, 2.05) is 0 Å². The number of nitrogens with two attached hydrogens (primary N) is 1. The zero-order valence-corrected chi connectivity index (χ0v) is 11.1. The summed E-state index contributed by atoms with van der Waals surface area (Å²) in [6.45, 7) is 2.92. The second kappa shape index (κ2) is 4.80. The van der Waals surface area contributed by atoms with Crippen molar-refractivity contribution in [2.24, 2.45) is 0 Å². The van der Waals surface area contributed by atoms with Gasteiger partial charge in [0.2, 0.25) is 5.91 Å². The molecule has 0 aliphatic carbocycles. The van der Waals surface area contributed by atoms with Crippen LogP contribution in [0.2, 0.25) is 0 Å². The fourth-order valence-electron chi connectivity index (χ4n) is 1.79. The summed E-state index contributed by atoms with van der Waals surface area (Å²) in [4.78, 5) is 40.1. The smallest absolute Gasteiger partial charge is 0.325 e. The Morgan fingerprint density at radius 3 is 2.65 bits per heavy atom. The van der Waals surface area contributed by atoms with Crippen LogP contribution in [0.15, 0.2) is 18.3 Å². The van der Waals surface area contributed by atoms with E-state index in [9.17, 15) is 14.4 Å². The highest BCUT2D eigenvalue weighted by Crippen LogP contribution is 2.20. The summed E-state index contributed by atoms with van der Waals surface area (Å²) in [5.74, 6) is -0.507. The van der Waals surface area contributed by atoms with Gasteiger partial charge in [-0.1, -0.05) is 0 Å². The Labute approximate surface area is 115 Å². The molecule has 8 nitrogen and oxygen atoms in total. The maximum Gasteiger partial charge on any atom is 0.325 e. The van der Waals surface area contributed by atoms with Crippen molar-refractivity contribution in [3.05, 3.63) is 18.3 Å². The van der Waals surface area contributed by atoms with Gasteiger partial charge in [-0.2, -0.15) is 0 Å². The van der Waals surface area contributed by atoms with Crippen molar-refractivity contribution in [2.75, 3.05) is 17.6 Å². The number of nitrogen functional groups attached to an aromatic ring is 1. The summed E-state index contributed by atoms with van der Waals surface area (Å²) in [6.07, 6.45) is 1.41. The molecule has 2 rings (SSSR count). The highest BCUT2D eigenvalue weighted by molar-refractivity contribution is 6.08. The van der Waals surface area contributed by atoms with Crippen molar-refractivity contribution in [3.63, 3.8) is 0 Å². The molecule has 0 unspecified atom stereocenters. The number of pyridine rings is 1. The maximum absolute atomic E-state index is 11.9. The molecule has 4 amide bonds. The predicted octanol–water partition coefficient (Wildman–Crippen LogP) is -0.0673. The zero-order chi connectivity index (χ0) is 14.9. The van der Waals surface area contributed by atoms with E-state index in [2.05, 4.69) is 15.6 Å². The number of urea groups is 1. The first-order chi connectivity index (χ1) is 9.30. The number of anilines is 2. The minimum absolute atomic E-state index is 0.227. The first-order valence-electron chi connectivity index (χ1n) is 5.95. The fourth-order valence-corrected chi connectivity index (χ4v) is 1.79. The van der Waals surface area contributed by atoms with E-state index in [4.69, 9.17) is 5.73 Å². The number of rotatable bonds is 3. The lowest BCUT2D eigenvalue weighted by atomic mass is 10.0. The van der Waals surface area contributed by atoms with Gasteiger partial charge in [0.15, 0.2) is 0 Å². The van der Waals surface area contributed by atoms with Crippen molar-refractivity contribution < 1.29 is 14.4 Å². The molecule has 1 aliphatic heterocycles. The number of amides is 4. The Morgan fingerprint density at radius 1 is 1.45 bits per heavy atom. The summed E-state index contributed by atoms with van der Waals surface area (Å²) >= 11 is 0. The molecule has 1 aromatic heterocycles. The third-order valence-electron chi connectivity index (χ3n) is 3.07. The number of hydrogen-bond acceptors (Lipinski definition) is 5. The standard InChI is InChI=1S/C12H15N5O3/c1-12(2)10(19)16-11(20)17(12)6-9(18)15-7-3-4-8(13)14-5-7/h3-5H,6H2,1-2H3,(H2,13,14)(H,15,18)(H,16,19,20). The number of nitrogens with zero attached hydrogens (tertiary/aromatic N) is 2. The number of nitrogens with one attached hydrogen (secondary N) is 2. The van der Waals surface area contributed by atoms with Crippen LogP contribution in [0.3, 0.4) is 0 Å². The van der Waals surface area contributed by atoms with Crippen LogP contribution in [0.5, 0.6) is 0 Å². The van der Waals surface area contributed by atoms with Crippen LogP contribution < -0.4 is 16.4 Å². The van der Waals surface area contributed by atoms with Gasteiger partial charge in [0.1, 0.15) is 17.9 Å². The van der Waals surface area contributed by atoms with Crippen molar-refractivity contribution >= 4 is 29.4 Å². The van der Waals surface area contributed by atoms with Crippen LogP contribution in [-0.2, 0) is 9.59 Å². The highest BCUT2D eigenvalue weighted by atomic mass is 16.2. The predicted molar refractivity (Wildman–Crippen MR) is 71.6 cm³/mol. The van der Waals surface area contributed by atoms with Gasteiger partial charge < -0.3 is 16.0 Å². The normalized spacial score (nSPS) is 17.0. The molecule has 8 heteroatoms. The molecule has 20 heavy (non-hydrogen) atoms. The molecule has 0 bridgehead atoms. The van der Waals surface area contributed by atoms with Crippen LogP contribution in [0, 0.1) is 0 Å². The molecule has 1 fully saturated rings. The van der Waals surface area contributed by atoms with Gasteiger partial charge in [-0.05, 0) is 26.0 Å². The second-order valence-electron chi connectivity index (χ2n) is 4.92. The van der Waals surface area contributed by atoms with Crippen LogP contribution in [0.25, 0.3) is 0 Å². The van der Waals surface area contributed by atoms with E-state index in [1.165, 1.54) is 11.1 Å². The topological polar surface area (TPSA) is 117 Å². The summed E-state index contributed by atoms with van der Waals surface area (Å²) in [6, 6.07) is 2.57. The highest BCUT2D eigenvalue weighted by Gasteiger charge is 2.46. The largest absolute Gasteiger partial charge is 0.384 e. The monoisotopic (exact) mass is 277 g/mol. The van der Waals surface area contributed by atoms with E-state index in [0.29, 0.717) is 11.5 Å². The summed E-state index contributed by atoms with van der Waals surface area (Å²) in [5.41, 5.74) is 4.85. The molecular formula is C12H15N5O3. The van der Waals surface area contributed by atoms with Gasteiger partial charge in [-0.3, -0.25) is 14.9 Å². The number of aromatic nitrogens is 1. The van der Waals surface area contributed by atoms with Gasteiger partial charge in [-0.15, -0.1) is 0 Å². The van der Waals surface area contributed by atoms with Crippen molar-refractivity contribution in [1.29, 1.82) is 0 Å². The molecule has 2 heterocycles. The van der Waals surface area contributed by atoms with Crippen LogP contribution in [0.4, 0.5) is 16.3 Å². The van der Waals surface area contributed by atoms with Crippen LogP contribution in [0.1, 0.15) is 13.8 Å². The molecule has 106 valence electrons. The van der Waals surface area contributed by atoms with Crippen LogP contribution in [-0.4, -0.2) is 39.8 Å². The third-order valence-corrected chi connectivity index (χ3v) is 3.07. The van der Waals surface area contributed by atoms with Crippen LogP contribution >= 0.6 is 0 Å². The molecule has 0 spiro atoms. The maximum atomic E-state index is 11.9. The van der Waals surface area contributed by atoms with Crippen molar-refractivity contribution in [1.82, 2.24) is 15.2 Å². The molecule has 1 aromatic rings. The first kappa shape index (κ1) is 13.8. The lowest BCUT2D eigenvalue weighted by molar-refractivity contribution is -0.126. The molecule has 1 saturated heterocycles. The van der Waals surface area contributed by atoms with Gasteiger partial charge >= 0.3 is 6.03 Å². The van der Waals surface area contributed by atoms with E-state index in [1.54, 1.807) is 26.0 Å². The van der Waals surface area contributed by atoms with E-state index in [0.717, 1.165) is 0 Å². The van der Waals surface area contributed by atoms with Crippen molar-refractivity contribution in [2.45, 2.75) is 19.4 Å². The quantitative estimate of drug-likeness (QED) is 0.669. The molecular weight excluding hydrogens is 262 g/mol. The average molecular weight is 277 g/mol.